The summed E-state index contributed by atoms with van der Waals surface area (Å²) in [6, 6.07) is 20.4. The van der Waals surface area contributed by atoms with Crippen molar-refractivity contribution in [2.75, 3.05) is 13.7 Å². The van der Waals surface area contributed by atoms with Crippen molar-refractivity contribution in [1.82, 2.24) is 5.32 Å². The molecule has 5 N–H and O–H groups in total. The number of phenolic OH excluding ortho intramolecular Hbond substituents is 2. The molecule has 0 aliphatic rings. The van der Waals surface area contributed by atoms with Crippen LogP contribution < -0.4 is 15.8 Å². The number of likely N-dealkylation sites (N-methyl/N-ethyl adjacent to an activating group) is 1. The van der Waals surface area contributed by atoms with Gasteiger partial charge in [-0.1, -0.05) is 60.8 Å². The molecule has 0 heterocycles. The lowest BCUT2D eigenvalue weighted by molar-refractivity contribution is 0.403. The number of allylic oxidation sites excluding steroid dienone is 1. The second-order valence-corrected chi connectivity index (χ2v) is 7.94. The Morgan fingerprint density at radius 1 is 1.05 bits per heavy atom. The van der Waals surface area contributed by atoms with E-state index in [1.54, 1.807) is 26.2 Å². The molecule has 0 unspecified atom stereocenters. The van der Waals surface area contributed by atoms with Gasteiger partial charge < -0.3 is 26.0 Å². The summed E-state index contributed by atoms with van der Waals surface area (Å²) in [6.07, 6.45) is 3.41. The van der Waals surface area contributed by atoms with E-state index in [1.807, 2.05) is 55.5 Å². The molecule has 0 radical (unpaired) electrons. The molecular weight excluding hydrogens is 504 g/mol. The second-order valence-electron chi connectivity index (χ2n) is 7.26. The molecule has 190 valence electrons. The first-order valence-corrected chi connectivity index (χ1v) is 11.9. The summed E-state index contributed by atoms with van der Waals surface area (Å²) < 4.78 is 5.34. The summed E-state index contributed by atoms with van der Waals surface area (Å²) in [7, 11) is 1.64. The lowest BCUT2D eigenvalue weighted by Gasteiger charge is -2.08. The maximum Gasteiger partial charge on any atom is 0.157 e. The Labute approximate surface area is 227 Å². The third kappa shape index (κ3) is 9.61. The van der Waals surface area contributed by atoms with Gasteiger partial charge in [0.05, 0.1) is 24.2 Å². The zero-order valence-corrected chi connectivity index (χ0v) is 22.4. The number of methoxy groups -OCH3 is 1. The third-order valence-corrected chi connectivity index (χ3v) is 5.06. The summed E-state index contributed by atoms with van der Waals surface area (Å²) in [6.45, 7) is 4.31. The lowest BCUT2D eigenvalue weighted by Crippen LogP contribution is -2.21. The molecule has 0 aliphatic carbocycles. The van der Waals surface area contributed by atoms with Crippen LogP contribution in [0.15, 0.2) is 65.7 Å². The minimum Gasteiger partial charge on any atom is -0.504 e. The van der Waals surface area contributed by atoms with Crippen molar-refractivity contribution in [3.63, 3.8) is 0 Å². The number of fused-ring (bicyclic) bond motifs is 1. The maximum absolute atomic E-state index is 9.32. The van der Waals surface area contributed by atoms with Crippen LogP contribution in [-0.4, -0.2) is 34.3 Å². The first-order chi connectivity index (χ1) is 17.8. The van der Waals surface area contributed by atoms with Crippen LogP contribution in [0.2, 0.25) is 0 Å². The summed E-state index contributed by atoms with van der Waals surface area (Å²) in [4.78, 5) is 0.363. The van der Waals surface area contributed by atoms with Gasteiger partial charge in [-0.25, -0.2) is 0 Å². The number of benzene rings is 3. The number of aromatic hydroxyl groups is 2. The number of hydrogen-bond donors (Lipinski definition) is 4. The van der Waals surface area contributed by atoms with Crippen molar-refractivity contribution in [2.24, 2.45) is 5.73 Å². The Balaban J connectivity index is 0.000000335. The van der Waals surface area contributed by atoms with Crippen LogP contribution in [0.1, 0.15) is 25.0 Å². The van der Waals surface area contributed by atoms with Crippen LogP contribution in [0, 0.1) is 22.7 Å². The highest BCUT2D eigenvalue weighted by molar-refractivity contribution is 7.80. The van der Waals surface area contributed by atoms with E-state index in [1.165, 1.54) is 12.1 Å². The van der Waals surface area contributed by atoms with Gasteiger partial charge in [0.15, 0.2) is 11.5 Å². The van der Waals surface area contributed by atoms with Gasteiger partial charge >= 0.3 is 0 Å². The minimum atomic E-state index is -0.231. The van der Waals surface area contributed by atoms with Crippen LogP contribution in [-0.2, 0) is 0 Å². The predicted octanol–water partition coefficient (Wildman–Crippen LogP) is 5.62. The number of nitrogens with two attached hydrogens (primary N) is 1. The van der Waals surface area contributed by atoms with E-state index < -0.39 is 0 Å². The number of nitriles is 2. The van der Waals surface area contributed by atoms with Crippen LogP contribution in [0.5, 0.6) is 17.2 Å². The van der Waals surface area contributed by atoms with E-state index in [2.05, 4.69) is 29.3 Å². The molecule has 0 bridgehead atoms. The molecule has 37 heavy (non-hydrogen) atoms. The fourth-order valence-corrected chi connectivity index (χ4v) is 3.30. The first kappa shape index (κ1) is 30.6. The molecule has 0 amide bonds. The monoisotopic (exact) mass is 532 g/mol. The number of ether oxygens (including phenoxy) is 1. The second kappa shape index (κ2) is 16.3. The summed E-state index contributed by atoms with van der Waals surface area (Å²) in [5, 5.41) is 41.4. The number of nitrogens with one attached hydrogen (secondary N) is 1. The molecule has 0 saturated carbocycles. The number of rotatable bonds is 5. The Kier molecular flexibility index (Phi) is 13.5. The summed E-state index contributed by atoms with van der Waals surface area (Å²) in [5.41, 5.74) is 8.16. The number of nitrogens with zero attached hydrogens (tertiary/aromatic N) is 2. The molecule has 0 fully saturated rings. The number of thiocarbonyl (C=S) groups is 2. The van der Waals surface area contributed by atoms with Gasteiger partial charge in [0.2, 0.25) is 0 Å². The quantitative estimate of drug-likeness (QED) is 0.143. The summed E-state index contributed by atoms with van der Waals surface area (Å²) in [5.74, 6) is 0.360. The topological polar surface area (TPSA) is 135 Å². The van der Waals surface area contributed by atoms with Crippen molar-refractivity contribution in [1.29, 1.82) is 10.5 Å². The van der Waals surface area contributed by atoms with Crippen molar-refractivity contribution in [3.8, 4) is 29.4 Å². The van der Waals surface area contributed by atoms with Gasteiger partial charge in [-0.3, -0.25) is 0 Å². The van der Waals surface area contributed by atoms with Crippen LogP contribution in [0.3, 0.4) is 0 Å². The van der Waals surface area contributed by atoms with Crippen LogP contribution in [0.25, 0.3) is 22.9 Å². The van der Waals surface area contributed by atoms with Crippen LogP contribution >= 0.6 is 24.4 Å². The normalized spacial score (nSPS) is 10.4. The molecule has 0 saturated heterocycles. The maximum atomic E-state index is 9.32. The van der Waals surface area contributed by atoms with E-state index in [-0.39, 0.29) is 11.5 Å². The fraction of sp³-hybridized carbons (Fsp3) is 0.143. The SMILES string of the molecule is CCNC(=S)/C(C#N)=C\c1ccc(O)c(O)c1.COc1ccc2ccccc2c1/C=C(/C)C#N.NC=S. The standard InChI is InChI=1S/C15H13NO.C12H12N2O2S.CH3NS/c1-11(10-16)9-14-13-6-4-3-5-12(13)7-8-15(14)17-2;1-2-14-12(17)9(7-13)5-8-3-4-10(15)11(16)6-8;2-1-3/h3-9H,1-2H3;3-6,15-16H,2H2,1H3,(H,14,17);1H,(H2,2,3)/b11-9-;9-5-;. The first-order valence-electron chi connectivity index (χ1n) is 11.0. The Bertz CT molecular complexity index is 1390. The van der Waals surface area contributed by atoms with E-state index in [9.17, 15) is 5.11 Å². The van der Waals surface area contributed by atoms with Crippen molar-refractivity contribution in [3.05, 3.63) is 76.9 Å². The van der Waals surface area contributed by atoms with Gasteiger partial charge in [-0.2, -0.15) is 10.5 Å². The molecular formula is C28H28N4O3S2. The molecule has 0 spiro atoms. The molecule has 3 aromatic rings. The molecule has 7 nitrogen and oxygen atoms in total. The lowest BCUT2D eigenvalue weighted by atomic mass is 10.0. The van der Waals surface area contributed by atoms with Crippen molar-refractivity contribution < 1.29 is 14.9 Å². The largest absolute Gasteiger partial charge is 0.504 e. The fourth-order valence-electron chi connectivity index (χ4n) is 3.05. The molecule has 3 aromatic carbocycles. The average Bonchev–Trinajstić information content (AvgIpc) is 2.90. The van der Waals surface area contributed by atoms with E-state index >= 15 is 0 Å². The molecule has 0 atom stereocenters. The average molecular weight is 533 g/mol. The van der Waals surface area contributed by atoms with Gasteiger partial charge in [0, 0.05) is 17.7 Å². The Hall–Kier alpha value is -4.44. The highest BCUT2D eigenvalue weighted by Crippen LogP contribution is 2.30. The van der Waals surface area contributed by atoms with Crippen molar-refractivity contribution in [2.45, 2.75) is 13.8 Å². The van der Waals surface area contributed by atoms with Gasteiger partial charge in [-0.15, -0.1) is 0 Å². The zero-order valence-electron chi connectivity index (χ0n) is 20.7. The van der Waals surface area contributed by atoms with E-state index in [0.717, 1.165) is 27.6 Å². The highest BCUT2D eigenvalue weighted by Gasteiger charge is 2.06. The van der Waals surface area contributed by atoms with Crippen LogP contribution in [0.4, 0.5) is 0 Å². The highest BCUT2D eigenvalue weighted by atomic mass is 32.1. The molecule has 0 aromatic heterocycles. The van der Waals surface area contributed by atoms with E-state index in [4.69, 9.17) is 32.6 Å². The third-order valence-electron chi connectivity index (χ3n) is 4.70. The Morgan fingerprint density at radius 2 is 1.73 bits per heavy atom. The number of phenols is 2. The van der Waals surface area contributed by atoms with Crippen molar-refractivity contribution >= 4 is 57.8 Å². The minimum absolute atomic E-state index is 0.199. The number of hydrogen-bond acceptors (Lipinski definition) is 7. The smallest absolute Gasteiger partial charge is 0.157 e. The molecule has 3 rings (SSSR count). The predicted molar refractivity (Wildman–Crippen MR) is 157 cm³/mol. The zero-order chi connectivity index (χ0) is 27.8. The van der Waals surface area contributed by atoms with Gasteiger partial charge in [0.1, 0.15) is 16.8 Å². The summed E-state index contributed by atoms with van der Waals surface area (Å²) >= 11 is 9.06. The van der Waals surface area contributed by atoms with Gasteiger partial charge in [-0.05, 0) is 60.5 Å². The van der Waals surface area contributed by atoms with Gasteiger partial charge in [0.25, 0.3) is 0 Å². The molecule has 9 heteroatoms. The Morgan fingerprint density at radius 3 is 2.30 bits per heavy atom. The van der Waals surface area contributed by atoms with E-state index in [0.29, 0.717) is 28.2 Å². The molecule has 0 aliphatic heterocycles.